The van der Waals surface area contributed by atoms with Gasteiger partial charge in [0, 0.05) is 29.1 Å². The average molecular weight is 452 g/mol. The Morgan fingerprint density at radius 3 is 2.69 bits per heavy atom. The maximum Gasteiger partial charge on any atom is 0.311 e. The van der Waals surface area contributed by atoms with E-state index in [2.05, 4.69) is 5.32 Å². The highest BCUT2D eigenvalue weighted by Gasteiger charge is 2.28. The summed E-state index contributed by atoms with van der Waals surface area (Å²) in [6.45, 7) is 1.79. The van der Waals surface area contributed by atoms with Gasteiger partial charge in [-0.3, -0.25) is 15.0 Å². The van der Waals surface area contributed by atoms with E-state index in [1.807, 2.05) is 53.5 Å². The van der Waals surface area contributed by atoms with E-state index in [1.165, 1.54) is 18.4 Å². The maximum absolute atomic E-state index is 12.9. The number of benzene rings is 1. The first-order chi connectivity index (χ1) is 15.3. The molecule has 2 aromatic heterocycles. The topological polar surface area (TPSA) is 109 Å². The molecule has 0 saturated heterocycles. The number of amides is 1. The van der Waals surface area contributed by atoms with Crippen LogP contribution in [0, 0.1) is 11.3 Å². The van der Waals surface area contributed by atoms with Crippen LogP contribution in [0.25, 0.3) is 11.3 Å². The predicted octanol–water partition coefficient (Wildman–Crippen LogP) is 2.67. The summed E-state index contributed by atoms with van der Waals surface area (Å²) in [4.78, 5) is 25.9. The molecule has 3 aromatic rings. The van der Waals surface area contributed by atoms with Crippen LogP contribution in [-0.2, 0) is 23.0 Å². The van der Waals surface area contributed by atoms with Gasteiger partial charge in [-0.05, 0) is 37.1 Å². The third kappa shape index (κ3) is 5.39. The van der Waals surface area contributed by atoms with Crippen molar-refractivity contribution in [3.63, 3.8) is 0 Å². The molecule has 0 aliphatic rings. The van der Waals surface area contributed by atoms with E-state index in [9.17, 15) is 9.59 Å². The van der Waals surface area contributed by atoms with Crippen LogP contribution in [0.15, 0.2) is 60.1 Å². The van der Waals surface area contributed by atoms with E-state index < -0.39 is 17.9 Å². The number of ether oxygens (including phenoxy) is 1. The summed E-state index contributed by atoms with van der Waals surface area (Å²) in [5.41, 5.74) is 8.97. The SMILES string of the molecule is COC(=O)[C@@H](Cc1cccc(C(=N)N)c1)C(C)NC(=O)c1cc(-c2cccc[n+]2C)cs1. The quantitative estimate of drug-likeness (QED) is 0.212. The number of hydrogen-bond donors (Lipinski definition) is 3. The molecule has 7 nitrogen and oxygen atoms in total. The summed E-state index contributed by atoms with van der Waals surface area (Å²) < 4.78 is 6.98. The normalized spacial score (nSPS) is 12.6. The van der Waals surface area contributed by atoms with Crippen LogP contribution in [-0.4, -0.2) is 30.9 Å². The molecule has 4 N–H and O–H groups in total. The molecule has 32 heavy (non-hydrogen) atoms. The zero-order valence-electron chi connectivity index (χ0n) is 18.3. The van der Waals surface area contributed by atoms with Crippen LogP contribution in [0.4, 0.5) is 0 Å². The first-order valence-electron chi connectivity index (χ1n) is 10.2. The number of nitrogens with zero attached hydrogens (tertiary/aromatic N) is 1. The van der Waals surface area contributed by atoms with Gasteiger partial charge >= 0.3 is 5.97 Å². The number of aryl methyl sites for hydroxylation is 1. The van der Waals surface area contributed by atoms with Crippen molar-refractivity contribution in [3.8, 4) is 11.3 Å². The summed E-state index contributed by atoms with van der Waals surface area (Å²) in [5.74, 6) is -1.27. The molecule has 0 aliphatic heterocycles. The number of amidine groups is 1. The number of pyridine rings is 1. The number of aromatic nitrogens is 1. The lowest BCUT2D eigenvalue weighted by Gasteiger charge is -2.23. The number of hydrogen-bond acceptors (Lipinski definition) is 5. The number of thiophene rings is 1. The molecule has 0 spiro atoms. The summed E-state index contributed by atoms with van der Waals surface area (Å²) in [6, 6.07) is 14.5. The number of carbonyl (C=O) groups is 2. The highest BCUT2D eigenvalue weighted by atomic mass is 32.1. The largest absolute Gasteiger partial charge is 0.469 e. The molecule has 1 unspecified atom stereocenters. The molecule has 3 rings (SSSR count). The molecule has 1 amide bonds. The average Bonchev–Trinajstić information content (AvgIpc) is 3.27. The molecule has 0 fully saturated rings. The van der Waals surface area contributed by atoms with Crippen molar-refractivity contribution in [1.29, 1.82) is 5.41 Å². The smallest absolute Gasteiger partial charge is 0.311 e. The first-order valence-corrected chi connectivity index (χ1v) is 11.0. The summed E-state index contributed by atoms with van der Waals surface area (Å²) in [6.07, 6.45) is 2.31. The molecule has 0 aliphatic carbocycles. The molecule has 2 atom stereocenters. The number of carbonyl (C=O) groups excluding carboxylic acids is 2. The van der Waals surface area contributed by atoms with E-state index in [0.717, 1.165) is 16.8 Å². The van der Waals surface area contributed by atoms with Gasteiger partial charge in [0.25, 0.3) is 5.91 Å². The monoisotopic (exact) mass is 451 g/mol. The van der Waals surface area contributed by atoms with Crippen molar-refractivity contribution in [2.24, 2.45) is 18.7 Å². The number of nitrogens with two attached hydrogens (primary N) is 1. The molecular formula is C24H27N4O3S+. The minimum Gasteiger partial charge on any atom is -0.469 e. The standard InChI is InChI=1S/C24H26N4O3S/c1-15(19(24(30)31-3)12-16-7-6-8-17(11-16)22(25)26)27-23(29)21-13-18(14-32-21)20-9-4-5-10-28(20)2/h4-11,13-15,19H,12H2,1-3H3,(H3-,25,26,27,29)/p+1/t15?,19-/m0/s1. The predicted molar refractivity (Wildman–Crippen MR) is 125 cm³/mol. The second-order valence-electron chi connectivity index (χ2n) is 7.61. The minimum atomic E-state index is -0.586. The van der Waals surface area contributed by atoms with Gasteiger partial charge in [-0.25, -0.2) is 4.57 Å². The van der Waals surface area contributed by atoms with Gasteiger partial charge in [0.05, 0.1) is 23.5 Å². The number of nitrogen functional groups attached to an aromatic ring is 1. The first kappa shape index (κ1) is 23.1. The van der Waals surface area contributed by atoms with E-state index in [0.29, 0.717) is 16.9 Å². The lowest BCUT2D eigenvalue weighted by Crippen LogP contribution is -2.42. The van der Waals surface area contributed by atoms with Crippen LogP contribution in [0.2, 0.25) is 0 Å². The van der Waals surface area contributed by atoms with Gasteiger partial charge in [-0.1, -0.05) is 18.2 Å². The Hall–Kier alpha value is -3.52. The van der Waals surface area contributed by atoms with Crippen molar-refractivity contribution in [3.05, 3.63) is 76.1 Å². The van der Waals surface area contributed by atoms with Crippen molar-refractivity contribution in [2.45, 2.75) is 19.4 Å². The molecule has 0 saturated carbocycles. The van der Waals surface area contributed by atoms with Crippen LogP contribution >= 0.6 is 11.3 Å². The molecule has 0 bridgehead atoms. The highest BCUT2D eigenvalue weighted by Crippen LogP contribution is 2.24. The van der Waals surface area contributed by atoms with Gasteiger partial charge in [-0.15, -0.1) is 11.3 Å². The van der Waals surface area contributed by atoms with Gasteiger partial charge < -0.3 is 15.8 Å². The maximum atomic E-state index is 12.9. The lowest BCUT2D eigenvalue weighted by molar-refractivity contribution is -0.660. The Morgan fingerprint density at radius 1 is 1.22 bits per heavy atom. The van der Waals surface area contributed by atoms with E-state index in [1.54, 1.807) is 25.1 Å². The summed E-state index contributed by atoms with van der Waals surface area (Å²) in [7, 11) is 3.29. The minimum absolute atomic E-state index is 0.0388. The fourth-order valence-corrected chi connectivity index (χ4v) is 4.33. The van der Waals surface area contributed by atoms with Crippen molar-refractivity contribution in [1.82, 2.24) is 5.32 Å². The summed E-state index contributed by atoms with van der Waals surface area (Å²) in [5, 5.41) is 12.5. The molecular weight excluding hydrogens is 424 g/mol. The third-order valence-corrected chi connectivity index (χ3v) is 6.26. The number of rotatable bonds is 8. The fourth-order valence-electron chi connectivity index (χ4n) is 3.53. The molecule has 2 heterocycles. The van der Waals surface area contributed by atoms with Gasteiger partial charge in [-0.2, -0.15) is 0 Å². The number of nitrogens with one attached hydrogen (secondary N) is 2. The van der Waals surface area contributed by atoms with E-state index in [4.69, 9.17) is 15.9 Å². The van der Waals surface area contributed by atoms with Gasteiger partial charge in [0.1, 0.15) is 12.9 Å². The zero-order chi connectivity index (χ0) is 23.3. The lowest BCUT2D eigenvalue weighted by atomic mass is 9.92. The Labute approximate surface area is 191 Å². The number of esters is 1. The fraction of sp³-hybridized carbons (Fsp3) is 0.250. The summed E-state index contributed by atoms with van der Waals surface area (Å²) >= 11 is 1.36. The zero-order valence-corrected chi connectivity index (χ0v) is 19.1. The van der Waals surface area contributed by atoms with Crippen molar-refractivity contribution < 1.29 is 18.9 Å². The molecule has 0 radical (unpaired) electrons. The number of methoxy groups -OCH3 is 1. The van der Waals surface area contributed by atoms with E-state index in [-0.39, 0.29) is 11.7 Å². The van der Waals surface area contributed by atoms with Crippen molar-refractivity contribution in [2.75, 3.05) is 7.11 Å². The Bertz CT molecular complexity index is 1140. The Morgan fingerprint density at radius 2 is 2.00 bits per heavy atom. The second kappa shape index (κ2) is 10.2. The molecule has 1 aromatic carbocycles. The second-order valence-corrected chi connectivity index (χ2v) is 8.52. The Kier molecular flexibility index (Phi) is 7.37. The van der Waals surface area contributed by atoms with Gasteiger partial charge in [0.15, 0.2) is 6.20 Å². The van der Waals surface area contributed by atoms with Crippen LogP contribution in [0.3, 0.4) is 0 Å². The molecule has 166 valence electrons. The van der Waals surface area contributed by atoms with Crippen molar-refractivity contribution >= 4 is 29.0 Å². The highest BCUT2D eigenvalue weighted by molar-refractivity contribution is 7.12. The Balaban J connectivity index is 1.75. The van der Waals surface area contributed by atoms with Gasteiger partial charge in [0.2, 0.25) is 5.69 Å². The van der Waals surface area contributed by atoms with Crippen LogP contribution in [0.1, 0.15) is 27.7 Å². The van der Waals surface area contributed by atoms with E-state index >= 15 is 0 Å². The van der Waals surface area contributed by atoms with Crippen LogP contribution in [0.5, 0.6) is 0 Å². The molecule has 8 heteroatoms. The third-order valence-electron chi connectivity index (χ3n) is 5.33. The van der Waals surface area contributed by atoms with Crippen LogP contribution < -0.4 is 15.6 Å².